The molecule has 3 rings (SSSR count). The normalized spacial score (nSPS) is 21.1. The standard InChI is InChI=1S/C19H25N3O/c1-14-18(11-12-23)19(21-13-20-14)22-17-9-7-16(8-10-17)15-5-3-2-4-6-15/h2-6,13,16-17,23H,7-12H2,1H3,(H,20,21,22)/t16-,17+. The second-order valence-corrected chi connectivity index (χ2v) is 6.36. The third-order valence-electron chi connectivity index (χ3n) is 4.86. The maximum Gasteiger partial charge on any atom is 0.133 e. The van der Waals surface area contributed by atoms with E-state index in [4.69, 9.17) is 0 Å². The number of hydrogen-bond acceptors (Lipinski definition) is 4. The van der Waals surface area contributed by atoms with Crippen LogP contribution >= 0.6 is 0 Å². The zero-order valence-electron chi connectivity index (χ0n) is 13.7. The maximum atomic E-state index is 9.25. The second kappa shape index (κ2) is 7.55. The Bertz CT molecular complexity index is 622. The van der Waals surface area contributed by atoms with E-state index in [2.05, 4.69) is 45.6 Å². The Labute approximate surface area is 138 Å². The van der Waals surface area contributed by atoms with Gasteiger partial charge in [-0.1, -0.05) is 30.3 Å². The topological polar surface area (TPSA) is 58.0 Å². The number of anilines is 1. The molecule has 1 saturated carbocycles. The minimum atomic E-state index is 0.129. The average Bonchev–Trinajstić information content (AvgIpc) is 2.59. The highest BCUT2D eigenvalue weighted by molar-refractivity contribution is 5.46. The number of nitrogens with one attached hydrogen (secondary N) is 1. The van der Waals surface area contributed by atoms with Crippen LogP contribution in [0.3, 0.4) is 0 Å². The van der Waals surface area contributed by atoms with Gasteiger partial charge in [-0.15, -0.1) is 0 Å². The van der Waals surface area contributed by atoms with Crippen LogP contribution < -0.4 is 5.32 Å². The van der Waals surface area contributed by atoms with Crippen LogP contribution in [0.1, 0.15) is 48.4 Å². The van der Waals surface area contributed by atoms with Gasteiger partial charge in [-0.25, -0.2) is 9.97 Å². The van der Waals surface area contributed by atoms with Crippen LogP contribution in [-0.4, -0.2) is 27.7 Å². The molecular formula is C19H25N3O. The number of benzene rings is 1. The van der Waals surface area contributed by atoms with Gasteiger partial charge in [-0.3, -0.25) is 0 Å². The van der Waals surface area contributed by atoms with Crippen molar-refractivity contribution in [1.82, 2.24) is 9.97 Å². The molecule has 0 saturated heterocycles. The minimum absolute atomic E-state index is 0.129. The van der Waals surface area contributed by atoms with Crippen molar-refractivity contribution in [2.24, 2.45) is 0 Å². The molecule has 4 heteroatoms. The van der Waals surface area contributed by atoms with Crippen molar-refractivity contribution in [3.8, 4) is 0 Å². The molecule has 1 fully saturated rings. The number of aromatic nitrogens is 2. The quantitative estimate of drug-likeness (QED) is 0.888. The van der Waals surface area contributed by atoms with Crippen molar-refractivity contribution in [3.05, 3.63) is 53.5 Å². The summed E-state index contributed by atoms with van der Waals surface area (Å²) in [6, 6.07) is 11.3. The van der Waals surface area contributed by atoms with Crippen LogP contribution in [-0.2, 0) is 6.42 Å². The summed E-state index contributed by atoms with van der Waals surface area (Å²) in [7, 11) is 0. The molecule has 1 aliphatic carbocycles. The Hall–Kier alpha value is -1.94. The highest BCUT2D eigenvalue weighted by Gasteiger charge is 2.23. The summed E-state index contributed by atoms with van der Waals surface area (Å²) >= 11 is 0. The Morgan fingerprint density at radius 2 is 1.83 bits per heavy atom. The number of aliphatic hydroxyl groups excluding tert-OH is 1. The third kappa shape index (κ3) is 3.88. The monoisotopic (exact) mass is 311 g/mol. The van der Waals surface area contributed by atoms with Gasteiger partial charge in [-0.2, -0.15) is 0 Å². The lowest BCUT2D eigenvalue weighted by Crippen LogP contribution is -2.26. The lowest BCUT2D eigenvalue weighted by atomic mass is 9.82. The fourth-order valence-electron chi connectivity index (χ4n) is 3.53. The van der Waals surface area contributed by atoms with Crippen molar-refractivity contribution in [2.75, 3.05) is 11.9 Å². The largest absolute Gasteiger partial charge is 0.396 e. The van der Waals surface area contributed by atoms with Crippen molar-refractivity contribution >= 4 is 5.82 Å². The molecule has 0 amide bonds. The fraction of sp³-hybridized carbons (Fsp3) is 0.474. The van der Waals surface area contributed by atoms with Crippen LogP contribution in [0.15, 0.2) is 36.7 Å². The molecule has 23 heavy (non-hydrogen) atoms. The van der Waals surface area contributed by atoms with Gasteiger partial charge in [0.25, 0.3) is 0 Å². The molecule has 1 aromatic heterocycles. The van der Waals surface area contributed by atoms with E-state index in [0.29, 0.717) is 18.4 Å². The molecule has 2 N–H and O–H groups in total. The number of aryl methyl sites for hydroxylation is 1. The van der Waals surface area contributed by atoms with Crippen molar-refractivity contribution < 1.29 is 5.11 Å². The lowest BCUT2D eigenvalue weighted by Gasteiger charge is -2.30. The van der Waals surface area contributed by atoms with Crippen molar-refractivity contribution in [2.45, 2.75) is 51.0 Å². The van der Waals surface area contributed by atoms with E-state index in [-0.39, 0.29) is 6.61 Å². The Balaban J connectivity index is 1.62. The predicted octanol–water partition coefficient (Wildman–Crippen LogP) is 3.46. The molecule has 0 atom stereocenters. The van der Waals surface area contributed by atoms with Crippen LogP contribution in [0, 0.1) is 6.92 Å². The SMILES string of the molecule is Cc1ncnc(N[C@H]2CC[C@@H](c3ccccc3)CC2)c1CCO. The highest BCUT2D eigenvalue weighted by Crippen LogP contribution is 2.34. The highest BCUT2D eigenvalue weighted by atomic mass is 16.2. The number of nitrogens with zero attached hydrogens (tertiary/aromatic N) is 2. The van der Waals surface area contributed by atoms with Gasteiger partial charge in [0, 0.05) is 30.3 Å². The first-order chi connectivity index (χ1) is 11.3. The summed E-state index contributed by atoms with van der Waals surface area (Å²) in [5.74, 6) is 1.58. The second-order valence-electron chi connectivity index (χ2n) is 6.36. The molecule has 122 valence electrons. The molecular weight excluding hydrogens is 286 g/mol. The molecule has 1 aliphatic rings. The number of hydrogen-bond donors (Lipinski definition) is 2. The molecule has 1 heterocycles. The molecule has 1 aromatic carbocycles. The number of rotatable bonds is 5. The van der Waals surface area contributed by atoms with E-state index < -0.39 is 0 Å². The zero-order chi connectivity index (χ0) is 16.1. The van der Waals surface area contributed by atoms with Gasteiger partial charge < -0.3 is 10.4 Å². The fourth-order valence-corrected chi connectivity index (χ4v) is 3.53. The summed E-state index contributed by atoms with van der Waals surface area (Å²) in [6.45, 7) is 2.10. The minimum Gasteiger partial charge on any atom is -0.396 e. The van der Waals surface area contributed by atoms with Gasteiger partial charge >= 0.3 is 0 Å². The summed E-state index contributed by atoms with van der Waals surface area (Å²) < 4.78 is 0. The Morgan fingerprint density at radius 3 is 2.52 bits per heavy atom. The lowest BCUT2D eigenvalue weighted by molar-refractivity contribution is 0.299. The van der Waals surface area contributed by atoms with E-state index in [0.717, 1.165) is 29.9 Å². The first kappa shape index (κ1) is 15.9. The summed E-state index contributed by atoms with van der Waals surface area (Å²) in [5, 5.41) is 12.8. The van der Waals surface area contributed by atoms with Crippen molar-refractivity contribution in [1.29, 1.82) is 0 Å². The molecule has 0 aliphatic heterocycles. The van der Waals surface area contributed by atoms with Gasteiger partial charge in [0.05, 0.1) is 0 Å². The van der Waals surface area contributed by atoms with E-state index in [9.17, 15) is 5.11 Å². The maximum absolute atomic E-state index is 9.25. The van der Waals surface area contributed by atoms with Gasteiger partial charge in [0.2, 0.25) is 0 Å². The first-order valence-corrected chi connectivity index (χ1v) is 8.50. The molecule has 0 bridgehead atoms. The van der Waals surface area contributed by atoms with E-state index in [1.54, 1.807) is 6.33 Å². The Morgan fingerprint density at radius 1 is 1.09 bits per heavy atom. The number of aliphatic hydroxyl groups is 1. The van der Waals surface area contributed by atoms with Crippen LogP contribution in [0.2, 0.25) is 0 Å². The van der Waals surface area contributed by atoms with Crippen molar-refractivity contribution in [3.63, 3.8) is 0 Å². The molecule has 4 nitrogen and oxygen atoms in total. The van der Waals surface area contributed by atoms with E-state index in [1.165, 1.54) is 18.4 Å². The predicted molar refractivity (Wildman–Crippen MR) is 92.6 cm³/mol. The molecule has 2 aromatic rings. The van der Waals surface area contributed by atoms with Gasteiger partial charge in [0.15, 0.2) is 0 Å². The average molecular weight is 311 g/mol. The third-order valence-corrected chi connectivity index (χ3v) is 4.86. The summed E-state index contributed by atoms with van der Waals surface area (Å²) in [5.41, 5.74) is 3.46. The summed E-state index contributed by atoms with van der Waals surface area (Å²) in [4.78, 5) is 8.64. The Kier molecular flexibility index (Phi) is 5.23. The van der Waals surface area contributed by atoms with E-state index >= 15 is 0 Å². The molecule has 0 radical (unpaired) electrons. The molecule has 0 spiro atoms. The zero-order valence-corrected chi connectivity index (χ0v) is 13.7. The van der Waals surface area contributed by atoms with Crippen LogP contribution in [0.4, 0.5) is 5.82 Å². The van der Waals surface area contributed by atoms with Gasteiger partial charge in [0.1, 0.15) is 12.1 Å². The van der Waals surface area contributed by atoms with Crippen LogP contribution in [0.5, 0.6) is 0 Å². The van der Waals surface area contributed by atoms with Crippen LogP contribution in [0.25, 0.3) is 0 Å². The first-order valence-electron chi connectivity index (χ1n) is 8.50. The van der Waals surface area contributed by atoms with E-state index in [1.807, 2.05) is 6.92 Å². The molecule has 0 unspecified atom stereocenters. The summed E-state index contributed by atoms with van der Waals surface area (Å²) in [6.07, 6.45) is 6.94. The smallest absolute Gasteiger partial charge is 0.133 e. The van der Waals surface area contributed by atoms with Gasteiger partial charge in [-0.05, 0) is 44.1 Å².